The molecule has 4 heteroatoms. The van der Waals surface area contributed by atoms with Crippen LogP contribution in [0.1, 0.15) is 6.92 Å². The van der Waals surface area contributed by atoms with Gasteiger partial charge < -0.3 is 16.8 Å². The second-order valence-corrected chi connectivity index (χ2v) is 3.16. The fourth-order valence-electron chi connectivity index (χ4n) is 1.21. The van der Waals surface area contributed by atoms with Gasteiger partial charge in [-0.05, 0) is 18.1 Å². The summed E-state index contributed by atoms with van der Waals surface area (Å²) in [5, 5.41) is 3.07. The summed E-state index contributed by atoms with van der Waals surface area (Å²) in [7, 11) is 1.65. The standard InChI is InChI=1S/C9H16N4/c1-6-3-4-7(10)5-8(6)13-9(11)12-2/h3-6,8H,10H2,1-2H3,(H3,11,12,13). The predicted molar refractivity (Wildman–Crippen MR) is 55.0 cm³/mol. The molecule has 2 atom stereocenters. The molecule has 0 heterocycles. The molecule has 0 amide bonds. The quantitative estimate of drug-likeness (QED) is 0.391. The lowest BCUT2D eigenvalue weighted by Gasteiger charge is -2.23. The molecule has 0 aromatic carbocycles. The summed E-state index contributed by atoms with van der Waals surface area (Å²) in [6.45, 7) is 2.10. The Balaban J connectivity index is 2.65. The summed E-state index contributed by atoms with van der Waals surface area (Å²) in [5.74, 6) is 0.823. The highest BCUT2D eigenvalue weighted by molar-refractivity contribution is 5.78. The molecule has 5 N–H and O–H groups in total. The minimum Gasteiger partial charge on any atom is -0.399 e. The third-order valence-electron chi connectivity index (χ3n) is 2.09. The minimum atomic E-state index is 0.147. The van der Waals surface area contributed by atoms with Crippen molar-refractivity contribution in [3.63, 3.8) is 0 Å². The Morgan fingerprint density at radius 2 is 2.31 bits per heavy atom. The van der Waals surface area contributed by atoms with Crippen LogP contribution in [0.3, 0.4) is 0 Å². The van der Waals surface area contributed by atoms with Crippen molar-refractivity contribution in [1.29, 1.82) is 0 Å². The predicted octanol–water partition coefficient (Wildman–Crippen LogP) is -0.0624. The molecule has 1 aliphatic rings. The summed E-state index contributed by atoms with van der Waals surface area (Å²) < 4.78 is 0. The van der Waals surface area contributed by atoms with Gasteiger partial charge in [-0.25, -0.2) is 0 Å². The van der Waals surface area contributed by atoms with Crippen molar-refractivity contribution in [3.8, 4) is 0 Å². The van der Waals surface area contributed by atoms with E-state index in [4.69, 9.17) is 11.5 Å². The van der Waals surface area contributed by atoms with Gasteiger partial charge in [-0.2, -0.15) is 0 Å². The number of rotatable bonds is 1. The molecule has 1 aliphatic carbocycles. The van der Waals surface area contributed by atoms with E-state index >= 15 is 0 Å². The molecule has 2 unspecified atom stereocenters. The molecule has 13 heavy (non-hydrogen) atoms. The third kappa shape index (κ3) is 2.50. The van der Waals surface area contributed by atoms with E-state index in [2.05, 4.69) is 23.3 Å². The lowest BCUT2D eigenvalue weighted by molar-refractivity contribution is 0.567. The molecule has 0 saturated heterocycles. The summed E-state index contributed by atoms with van der Waals surface area (Å²) in [6.07, 6.45) is 5.90. The first-order valence-corrected chi connectivity index (χ1v) is 4.27. The molecule has 72 valence electrons. The van der Waals surface area contributed by atoms with Gasteiger partial charge in [-0.1, -0.05) is 13.0 Å². The summed E-state index contributed by atoms with van der Waals surface area (Å²) in [4.78, 5) is 3.83. The third-order valence-corrected chi connectivity index (χ3v) is 2.09. The topological polar surface area (TPSA) is 76.4 Å². The molecule has 0 spiro atoms. The highest BCUT2D eigenvalue weighted by Gasteiger charge is 2.15. The number of allylic oxidation sites excluding steroid dienone is 1. The van der Waals surface area contributed by atoms with Crippen LogP contribution in [0, 0.1) is 5.92 Å². The Kier molecular flexibility index (Phi) is 2.95. The molecule has 4 nitrogen and oxygen atoms in total. The van der Waals surface area contributed by atoms with Crippen LogP contribution in [0.5, 0.6) is 0 Å². The van der Waals surface area contributed by atoms with E-state index in [0.29, 0.717) is 11.9 Å². The number of nitrogens with one attached hydrogen (secondary N) is 1. The normalized spacial score (nSPS) is 28.5. The number of hydrogen-bond donors (Lipinski definition) is 3. The van der Waals surface area contributed by atoms with Crippen LogP contribution >= 0.6 is 0 Å². The SMILES string of the molecule is CN=C(N)NC1C=C(N)C=CC1C. The van der Waals surface area contributed by atoms with E-state index in [1.807, 2.05) is 12.2 Å². The van der Waals surface area contributed by atoms with Crippen LogP contribution in [0.15, 0.2) is 28.9 Å². The first-order valence-electron chi connectivity index (χ1n) is 4.27. The molecule has 0 aromatic rings. The van der Waals surface area contributed by atoms with Gasteiger partial charge in [0.05, 0.1) is 6.04 Å². The minimum absolute atomic E-state index is 0.147. The van der Waals surface area contributed by atoms with Crippen LogP contribution in [0.2, 0.25) is 0 Å². The average Bonchev–Trinajstić information content (AvgIpc) is 2.11. The Morgan fingerprint density at radius 1 is 1.62 bits per heavy atom. The number of hydrogen-bond acceptors (Lipinski definition) is 2. The lowest BCUT2D eigenvalue weighted by Crippen LogP contribution is -2.43. The van der Waals surface area contributed by atoms with Crippen molar-refractivity contribution in [2.24, 2.45) is 22.4 Å². The highest BCUT2D eigenvalue weighted by atomic mass is 15.1. The highest BCUT2D eigenvalue weighted by Crippen LogP contribution is 2.13. The number of nitrogens with two attached hydrogens (primary N) is 2. The van der Waals surface area contributed by atoms with Crippen molar-refractivity contribution in [1.82, 2.24) is 5.32 Å². The van der Waals surface area contributed by atoms with E-state index in [-0.39, 0.29) is 6.04 Å². The van der Waals surface area contributed by atoms with Crippen LogP contribution < -0.4 is 16.8 Å². The zero-order valence-electron chi connectivity index (χ0n) is 7.99. The average molecular weight is 180 g/mol. The molecule has 0 aliphatic heterocycles. The number of guanidine groups is 1. The molecule has 0 bridgehead atoms. The van der Waals surface area contributed by atoms with Crippen LogP contribution in [0.4, 0.5) is 0 Å². The Morgan fingerprint density at radius 3 is 2.92 bits per heavy atom. The van der Waals surface area contributed by atoms with Gasteiger partial charge in [0.2, 0.25) is 0 Å². The van der Waals surface area contributed by atoms with Crippen LogP contribution in [-0.2, 0) is 0 Å². The van der Waals surface area contributed by atoms with Gasteiger partial charge in [0, 0.05) is 12.7 Å². The van der Waals surface area contributed by atoms with Crippen molar-refractivity contribution in [2.75, 3.05) is 7.05 Å². The van der Waals surface area contributed by atoms with Gasteiger partial charge in [0.25, 0.3) is 0 Å². The zero-order valence-corrected chi connectivity index (χ0v) is 7.99. The largest absolute Gasteiger partial charge is 0.399 e. The van der Waals surface area contributed by atoms with Crippen LogP contribution in [-0.4, -0.2) is 19.0 Å². The second-order valence-electron chi connectivity index (χ2n) is 3.16. The van der Waals surface area contributed by atoms with E-state index < -0.39 is 0 Å². The van der Waals surface area contributed by atoms with Crippen molar-refractivity contribution < 1.29 is 0 Å². The molecule has 1 rings (SSSR count). The van der Waals surface area contributed by atoms with Gasteiger partial charge in [-0.3, -0.25) is 4.99 Å². The van der Waals surface area contributed by atoms with Gasteiger partial charge in [0.1, 0.15) is 0 Å². The summed E-state index contributed by atoms with van der Waals surface area (Å²) in [5.41, 5.74) is 12.0. The molecule has 0 fully saturated rings. The van der Waals surface area contributed by atoms with Crippen molar-refractivity contribution >= 4 is 5.96 Å². The summed E-state index contributed by atoms with van der Waals surface area (Å²) in [6, 6.07) is 0.147. The smallest absolute Gasteiger partial charge is 0.188 e. The van der Waals surface area contributed by atoms with Gasteiger partial charge >= 0.3 is 0 Å². The maximum Gasteiger partial charge on any atom is 0.188 e. The molecule has 0 aromatic heterocycles. The lowest BCUT2D eigenvalue weighted by atomic mass is 9.96. The maximum atomic E-state index is 5.66. The number of aliphatic imine (C=N–C) groups is 1. The van der Waals surface area contributed by atoms with Crippen molar-refractivity contribution in [3.05, 3.63) is 23.9 Å². The van der Waals surface area contributed by atoms with Crippen molar-refractivity contribution in [2.45, 2.75) is 13.0 Å². The van der Waals surface area contributed by atoms with Gasteiger partial charge in [-0.15, -0.1) is 0 Å². The Hall–Kier alpha value is -1.45. The number of nitrogens with zero attached hydrogens (tertiary/aromatic N) is 1. The first-order chi connectivity index (χ1) is 6.13. The van der Waals surface area contributed by atoms with E-state index in [1.165, 1.54) is 0 Å². The van der Waals surface area contributed by atoms with E-state index in [9.17, 15) is 0 Å². The molecule has 0 saturated carbocycles. The van der Waals surface area contributed by atoms with Gasteiger partial charge in [0.15, 0.2) is 5.96 Å². The van der Waals surface area contributed by atoms with E-state index in [0.717, 1.165) is 5.70 Å². The van der Waals surface area contributed by atoms with Crippen LogP contribution in [0.25, 0.3) is 0 Å². The second kappa shape index (κ2) is 3.98. The monoisotopic (exact) mass is 180 g/mol. The summed E-state index contributed by atoms with van der Waals surface area (Å²) >= 11 is 0. The first kappa shape index (κ1) is 9.64. The fraction of sp³-hybridized carbons (Fsp3) is 0.444. The maximum absolute atomic E-state index is 5.66. The molecular weight excluding hydrogens is 164 g/mol. The molecular formula is C9H16N4. The Bertz CT molecular complexity index is 265. The molecule has 0 radical (unpaired) electrons. The zero-order chi connectivity index (χ0) is 9.84. The van der Waals surface area contributed by atoms with E-state index in [1.54, 1.807) is 7.05 Å². The Labute approximate surface area is 78.4 Å². The fourth-order valence-corrected chi connectivity index (χ4v) is 1.21.